The predicted molar refractivity (Wildman–Crippen MR) is 63.2 cm³/mol. The highest BCUT2D eigenvalue weighted by atomic mass is 35.5. The van der Waals surface area contributed by atoms with Gasteiger partial charge in [0.15, 0.2) is 11.6 Å². The van der Waals surface area contributed by atoms with Gasteiger partial charge in [0.25, 0.3) is 0 Å². The average Bonchev–Trinajstić information content (AvgIpc) is 2.22. The van der Waals surface area contributed by atoms with Crippen LogP contribution in [0, 0.1) is 11.7 Å². The molecule has 1 aromatic heterocycles. The van der Waals surface area contributed by atoms with E-state index in [1.165, 1.54) is 12.3 Å². The summed E-state index contributed by atoms with van der Waals surface area (Å²) in [7, 11) is 0. The molecule has 1 aliphatic heterocycles. The molecule has 0 radical (unpaired) electrons. The highest BCUT2D eigenvalue weighted by molar-refractivity contribution is 6.30. The van der Waals surface area contributed by atoms with Crippen LogP contribution in [0.4, 0.5) is 10.2 Å². The predicted octanol–water partition coefficient (Wildman–Crippen LogP) is 2.05. The van der Waals surface area contributed by atoms with Crippen LogP contribution in [-0.2, 0) is 0 Å². The number of nitrogens with two attached hydrogens (primary N) is 1. The van der Waals surface area contributed by atoms with Crippen molar-refractivity contribution in [2.45, 2.75) is 19.4 Å². The molecule has 2 atom stereocenters. The highest BCUT2D eigenvalue weighted by Gasteiger charge is 2.25. The molecule has 1 fully saturated rings. The van der Waals surface area contributed by atoms with Gasteiger partial charge < -0.3 is 10.6 Å². The van der Waals surface area contributed by atoms with Gasteiger partial charge in [0.05, 0.1) is 5.02 Å². The maximum atomic E-state index is 13.6. The van der Waals surface area contributed by atoms with Crippen LogP contribution in [0.3, 0.4) is 0 Å². The lowest BCUT2D eigenvalue weighted by molar-refractivity contribution is 0.375. The molecule has 1 aliphatic rings. The lowest BCUT2D eigenvalue weighted by atomic mass is 9.94. The smallest absolute Gasteiger partial charge is 0.167 e. The second-order valence-corrected chi connectivity index (χ2v) is 4.77. The number of aromatic nitrogens is 1. The number of nitrogens with zero attached hydrogens (tertiary/aromatic N) is 2. The number of pyridine rings is 1. The monoisotopic (exact) mass is 243 g/mol. The van der Waals surface area contributed by atoms with Crippen molar-refractivity contribution in [3.63, 3.8) is 0 Å². The Hall–Kier alpha value is -0.870. The maximum Gasteiger partial charge on any atom is 0.167 e. The third-order valence-corrected chi connectivity index (χ3v) is 3.31. The Kier molecular flexibility index (Phi) is 3.30. The van der Waals surface area contributed by atoms with E-state index in [0.717, 1.165) is 13.0 Å². The minimum Gasteiger partial charge on any atom is -0.353 e. The summed E-state index contributed by atoms with van der Waals surface area (Å²) in [4.78, 5) is 5.91. The van der Waals surface area contributed by atoms with Crippen LogP contribution < -0.4 is 10.6 Å². The summed E-state index contributed by atoms with van der Waals surface area (Å²) in [5.41, 5.74) is 5.97. The van der Waals surface area contributed by atoms with E-state index in [2.05, 4.69) is 11.9 Å². The molecule has 3 nitrogen and oxygen atoms in total. The van der Waals surface area contributed by atoms with Gasteiger partial charge in [-0.05, 0) is 18.4 Å². The summed E-state index contributed by atoms with van der Waals surface area (Å²) < 4.78 is 13.6. The molecule has 2 unspecified atom stereocenters. The SMILES string of the molecule is CC1CCN(c2ncc(Cl)cc2F)CC1N. The molecule has 2 heterocycles. The summed E-state index contributed by atoms with van der Waals surface area (Å²) in [6, 6.07) is 1.36. The van der Waals surface area contributed by atoms with E-state index in [1.807, 2.05) is 4.90 Å². The lowest BCUT2D eigenvalue weighted by Gasteiger charge is -2.35. The van der Waals surface area contributed by atoms with Gasteiger partial charge in [-0.25, -0.2) is 9.37 Å². The topological polar surface area (TPSA) is 42.2 Å². The normalized spacial score (nSPS) is 25.9. The zero-order valence-electron chi connectivity index (χ0n) is 9.16. The molecule has 16 heavy (non-hydrogen) atoms. The van der Waals surface area contributed by atoms with E-state index < -0.39 is 0 Å². The highest BCUT2D eigenvalue weighted by Crippen LogP contribution is 2.24. The quantitative estimate of drug-likeness (QED) is 0.821. The standard InChI is InChI=1S/C11H15ClFN3/c1-7-2-3-16(6-10(7)14)11-9(13)4-8(12)5-15-11/h4-5,7,10H,2-3,6,14H2,1H3. The molecule has 5 heteroatoms. The Labute approximate surface area is 99.4 Å². The molecule has 2 N–H and O–H groups in total. The first-order chi connectivity index (χ1) is 7.58. The third kappa shape index (κ3) is 2.28. The Morgan fingerprint density at radius 3 is 3.00 bits per heavy atom. The van der Waals surface area contributed by atoms with Crippen molar-refractivity contribution in [3.8, 4) is 0 Å². The molecule has 0 aromatic carbocycles. The Bertz CT molecular complexity index is 385. The molecular weight excluding hydrogens is 229 g/mol. The molecule has 0 spiro atoms. The van der Waals surface area contributed by atoms with Crippen molar-refractivity contribution in [3.05, 3.63) is 23.1 Å². The van der Waals surface area contributed by atoms with Gasteiger partial charge in [0, 0.05) is 25.3 Å². The number of hydrogen-bond acceptors (Lipinski definition) is 3. The van der Waals surface area contributed by atoms with E-state index in [0.29, 0.717) is 23.3 Å². The zero-order chi connectivity index (χ0) is 11.7. The van der Waals surface area contributed by atoms with Gasteiger partial charge in [-0.1, -0.05) is 18.5 Å². The van der Waals surface area contributed by atoms with E-state index in [9.17, 15) is 4.39 Å². The molecule has 0 aliphatic carbocycles. The first-order valence-electron chi connectivity index (χ1n) is 5.39. The molecule has 88 valence electrons. The van der Waals surface area contributed by atoms with Crippen LogP contribution in [0.5, 0.6) is 0 Å². The molecular formula is C11H15ClFN3. The molecule has 1 aromatic rings. The van der Waals surface area contributed by atoms with Gasteiger partial charge >= 0.3 is 0 Å². The summed E-state index contributed by atoms with van der Waals surface area (Å²) >= 11 is 5.66. The lowest BCUT2D eigenvalue weighted by Crippen LogP contribution is -2.48. The number of halogens is 2. The Balaban J connectivity index is 2.18. The largest absolute Gasteiger partial charge is 0.353 e. The maximum absolute atomic E-state index is 13.6. The van der Waals surface area contributed by atoms with Crippen molar-refractivity contribution in [1.29, 1.82) is 0 Å². The van der Waals surface area contributed by atoms with Gasteiger partial charge in [0.2, 0.25) is 0 Å². The van der Waals surface area contributed by atoms with Crippen molar-refractivity contribution in [2.24, 2.45) is 11.7 Å². The van der Waals surface area contributed by atoms with Crippen molar-refractivity contribution < 1.29 is 4.39 Å². The fraction of sp³-hybridized carbons (Fsp3) is 0.545. The van der Waals surface area contributed by atoms with E-state index >= 15 is 0 Å². The Morgan fingerprint density at radius 2 is 2.38 bits per heavy atom. The zero-order valence-corrected chi connectivity index (χ0v) is 9.91. The van der Waals surface area contributed by atoms with Crippen LogP contribution in [0.1, 0.15) is 13.3 Å². The second kappa shape index (κ2) is 4.55. The summed E-state index contributed by atoms with van der Waals surface area (Å²) in [6.45, 7) is 3.56. The minimum atomic E-state index is -0.380. The fourth-order valence-corrected chi connectivity index (χ4v) is 2.08. The first-order valence-corrected chi connectivity index (χ1v) is 5.77. The number of anilines is 1. The Morgan fingerprint density at radius 1 is 1.62 bits per heavy atom. The third-order valence-electron chi connectivity index (χ3n) is 3.10. The number of hydrogen-bond donors (Lipinski definition) is 1. The fourth-order valence-electron chi connectivity index (χ4n) is 1.93. The first kappa shape index (κ1) is 11.6. The van der Waals surface area contributed by atoms with E-state index in [-0.39, 0.29) is 11.9 Å². The van der Waals surface area contributed by atoms with E-state index in [4.69, 9.17) is 17.3 Å². The summed E-state index contributed by atoms with van der Waals surface area (Å²) in [5.74, 6) is 0.451. The molecule has 0 saturated carbocycles. The van der Waals surface area contributed by atoms with Gasteiger partial charge in [-0.15, -0.1) is 0 Å². The van der Waals surface area contributed by atoms with Crippen LogP contribution in [0.15, 0.2) is 12.3 Å². The van der Waals surface area contributed by atoms with Gasteiger partial charge in [0.1, 0.15) is 0 Å². The van der Waals surface area contributed by atoms with Crippen LogP contribution in [0.2, 0.25) is 5.02 Å². The van der Waals surface area contributed by atoms with Gasteiger partial charge in [-0.2, -0.15) is 0 Å². The van der Waals surface area contributed by atoms with Crippen LogP contribution >= 0.6 is 11.6 Å². The average molecular weight is 244 g/mol. The number of piperidine rings is 1. The van der Waals surface area contributed by atoms with Gasteiger partial charge in [-0.3, -0.25) is 0 Å². The number of rotatable bonds is 1. The van der Waals surface area contributed by atoms with Crippen LogP contribution in [-0.4, -0.2) is 24.1 Å². The van der Waals surface area contributed by atoms with Crippen molar-refractivity contribution in [1.82, 2.24) is 4.98 Å². The van der Waals surface area contributed by atoms with Crippen molar-refractivity contribution in [2.75, 3.05) is 18.0 Å². The van der Waals surface area contributed by atoms with Crippen molar-refractivity contribution >= 4 is 17.4 Å². The summed E-state index contributed by atoms with van der Waals surface area (Å²) in [5, 5.41) is 0.316. The molecule has 2 rings (SSSR count). The molecule has 0 amide bonds. The van der Waals surface area contributed by atoms with Crippen LogP contribution in [0.25, 0.3) is 0 Å². The van der Waals surface area contributed by atoms with E-state index in [1.54, 1.807) is 0 Å². The minimum absolute atomic E-state index is 0.0747. The molecule has 0 bridgehead atoms. The molecule has 1 saturated heterocycles. The summed E-state index contributed by atoms with van der Waals surface area (Å²) in [6.07, 6.45) is 2.43. The second-order valence-electron chi connectivity index (χ2n) is 4.33.